The van der Waals surface area contributed by atoms with Gasteiger partial charge in [0, 0.05) is 24.3 Å². The summed E-state index contributed by atoms with van der Waals surface area (Å²) >= 11 is 5.00. The van der Waals surface area contributed by atoms with E-state index in [1.165, 1.54) is 12.1 Å². The zero-order valence-electron chi connectivity index (χ0n) is 11.6. The molecule has 0 amide bonds. The van der Waals surface area contributed by atoms with E-state index in [0.29, 0.717) is 18.7 Å². The average Bonchev–Trinajstić information content (AvgIpc) is 2.36. The molecule has 1 aromatic carbocycles. The molecular weight excluding hydrogens is 279 g/mol. The zero-order valence-corrected chi connectivity index (χ0v) is 12.4. The number of thiocarbonyl (C=S) groups is 1. The molecule has 0 bridgehead atoms. The van der Waals surface area contributed by atoms with E-state index in [1.807, 2.05) is 18.7 Å². The number of anilines is 1. The fourth-order valence-electron chi connectivity index (χ4n) is 2.56. The maximum absolute atomic E-state index is 13.4. The molecule has 6 heteroatoms. The maximum Gasteiger partial charge on any atom is 0.124 e. The monoisotopic (exact) mass is 298 g/mol. The first-order valence-electron chi connectivity index (χ1n) is 6.45. The molecule has 1 saturated heterocycles. The second-order valence-electron chi connectivity index (χ2n) is 5.59. The summed E-state index contributed by atoms with van der Waals surface area (Å²) in [5, 5.41) is 9.35. The van der Waals surface area contributed by atoms with Crippen molar-refractivity contribution in [3.8, 4) is 0 Å². The molecule has 0 aliphatic carbocycles. The summed E-state index contributed by atoms with van der Waals surface area (Å²) in [5.41, 5.74) is 6.55. The third-order valence-electron chi connectivity index (χ3n) is 3.25. The van der Waals surface area contributed by atoms with Crippen molar-refractivity contribution in [2.45, 2.75) is 25.6 Å². The first kappa shape index (κ1) is 15.2. The predicted octanol–water partition coefficient (Wildman–Crippen LogP) is 1.44. The lowest BCUT2D eigenvalue weighted by molar-refractivity contribution is -0.101. The van der Waals surface area contributed by atoms with E-state index in [9.17, 15) is 9.50 Å². The van der Waals surface area contributed by atoms with Gasteiger partial charge in [0.05, 0.1) is 18.3 Å². The van der Waals surface area contributed by atoms with Crippen LogP contribution in [0.15, 0.2) is 18.2 Å². The molecule has 1 unspecified atom stereocenters. The minimum atomic E-state index is -0.409. The number of hydrogen-bond donors (Lipinski definition) is 2. The van der Waals surface area contributed by atoms with Crippen molar-refractivity contribution < 1.29 is 14.2 Å². The first-order chi connectivity index (χ1) is 9.32. The molecule has 20 heavy (non-hydrogen) atoms. The van der Waals surface area contributed by atoms with E-state index in [2.05, 4.69) is 0 Å². The molecule has 1 aliphatic rings. The molecule has 0 saturated carbocycles. The van der Waals surface area contributed by atoms with Crippen LogP contribution < -0.4 is 10.6 Å². The van der Waals surface area contributed by atoms with Gasteiger partial charge in [-0.2, -0.15) is 0 Å². The zero-order chi connectivity index (χ0) is 14.9. The number of aliphatic hydroxyl groups excluding tert-OH is 1. The van der Waals surface area contributed by atoms with E-state index in [1.54, 1.807) is 6.07 Å². The van der Waals surface area contributed by atoms with Crippen LogP contribution in [0.4, 0.5) is 10.1 Å². The molecular formula is C14H19FN2O2S. The molecule has 0 radical (unpaired) electrons. The highest BCUT2D eigenvalue weighted by Gasteiger charge is 2.34. The number of ether oxygens (including phenoxy) is 1. The van der Waals surface area contributed by atoms with Gasteiger partial charge in [0.25, 0.3) is 0 Å². The third kappa shape index (κ3) is 3.26. The van der Waals surface area contributed by atoms with Gasteiger partial charge in [0.1, 0.15) is 10.8 Å². The van der Waals surface area contributed by atoms with Gasteiger partial charge < -0.3 is 20.5 Å². The van der Waals surface area contributed by atoms with E-state index < -0.39 is 5.60 Å². The Labute approximate surface area is 123 Å². The number of morpholine rings is 1. The summed E-state index contributed by atoms with van der Waals surface area (Å²) in [6.07, 6.45) is -0.289. The summed E-state index contributed by atoms with van der Waals surface area (Å²) in [6.45, 7) is 4.97. The van der Waals surface area contributed by atoms with Gasteiger partial charge in [-0.15, -0.1) is 0 Å². The highest BCUT2D eigenvalue weighted by molar-refractivity contribution is 7.80. The van der Waals surface area contributed by atoms with E-state index in [0.717, 1.165) is 5.69 Å². The molecule has 1 heterocycles. The molecule has 0 aromatic heterocycles. The minimum absolute atomic E-state index is 0.0659. The van der Waals surface area contributed by atoms with E-state index >= 15 is 0 Å². The number of hydrogen-bond acceptors (Lipinski definition) is 4. The van der Waals surface area contributed by atoms with E-state index in [-0.39, 0.29) is 23.5 Å². The topological polar surface area (TPSA) is 58.7 Å². The van der Waals surface area contributed by atoms with Gasteiger partial charge in [0.15, 0.2) is 0 Å². The number of nitrogens with zero attached hydrogens (tertiary/aromatic N) is 1. The fraction of sp³-hybridized carbons (Fsp3) is 0.500. The van der Waals surface area contributed by atoms with Crippen molar-refractivity contribution in [2.24, 2.45) is 5.73 Å². The van der Waals surface area contributed by atoms with Crippen LogP contribution in [0, 0.1) is 5.82 Å². The summed E-state index contributed by atoms with van der Waals surface area (Å²) < 4.78 is 19.1. The molecule has 4 nitrogen and oxygen atoms in total. The lowest BCUT2D eigenvalue weighted by Gasteiger charge is -2.44. The summed E-state index contributed by atoms with van der Waals surface area (Å²) in [4.78, 5) is 2.18. The smallest absolute Gasteiger partial charge is 0.124 e. The average molecular weight is 298 g/mol. The van der Waals surface area contributed by atoms with Gasteiger partial charge in [-0.3, -0.25) is 0 Å². The standard InChI is InChI=1S/C14H19FN2O2S/c1-14(2)8-17(6-10(7-18)19-14)12-4-3-9(15)5-11(12)13(16)20/h3-5,10,18H,6-8H2,1-2H3,(H2,16,20). The van der Waals surface area contributed by atoms with Crippen molar-refractivity contribution in [2.75, 3.05) is 24.6 Å². The molecule has 0 spiro atoms. The van der Waals surface area contributed by atoms with E-state index in [4.69, 9.17) is 22.7 Å². The fourth-order valence-corrected chi connectivity index (χ4v) is 2.72. The molecule has 1 aromatic rings. The maximum atomic E-state index is 13.4. The summed E-state index contributed by atoms with van der Waals surface area (Å²) in [7, 11) is 0. The van der Waals surface area contributed by atoms with Crippen molar-refractivity contribution >= 4 is 22.9 Å². The van der Waals surface area contributed by atoms with Gasteiger partial charge in [-0.25, -0.2) is 4.39 Å². The lowest BCUT2D eigenvalue weighted by Crippen LogP contribution is -2.54. The molecule has 1 fully saturated rings. The van der Waals surface area contributed by atoms with Crippen LogP contribution in [0.1, 0.15) is 19.4 Å². The molecule has 3 N–H and O–H groups in total. The van der Waals surface area contributed by atoms with Gasteiger partial charge >= 0.3 is 0 Å². The lowest BCUT2D eigenvalue weighted by atomic mass is 10.0. The third-order valence-corrected chi connectivity index (χ3v) is 3.47. The number of rotatable bonds is 3. The Balaban J connectivity index is 2.37. The SMILES string of the molecule is CC1(C)CN(c2ccc(F)cc2C(N)=S)CC(CO)O1. The Morgan fingerprint density at radius 3 is 2.90 bits per heavy atom. The number of halogens is 1. The van der Waals surface area contributed by atoms with Crippen LogP contribution in [0.2, 0.25) is 0 Å². The summed E-state index contributed by atoms with van der Waals surface area (Å²) in [5.74, 6) is -0.372. The van der Waals surface area contributed by atoms with Crippen molar-refractivity contribution in [1.29, 1.82) is 0 Å². The quantitative estimate of drug-likeness (QED) is 0.827. The second-order valence-corrected chi connectivity index (χ2v) is 6.03. The Bertz CT molecular complexity index is 522. The summed E-state index contributed by atoms with van der Waals surface area (Å²) in [6, 6.07) is 4.39. The minimum Gasteiger partial charge on any atom is -0.394 e. The molecule has 110 valence electrons. The largest absolute Gasteiger partial charge is 0.394 e. The predicted molar refractivity (Wildman–Crippen MR) is 80.5 cm³/mol. The van der Waals surface area contributed by atoms with Crippen LogP contribution in [0.3, 0.4) is 0 Å². The van der Waals surface area contributed by atoms with Crippen molar-refractivity contribution in [3.05, 3.63) is 29.6 Å². The normalized spacial score (nSPS) is 21.8. The first-order valence-corrected chi connectivity index (χ1v) is 6.86. The molecule has 1 aliphatic heterocycles. The van der Waals surface area contributed by atoms with Crippen molar-refractivity contribution in [1.82, 2.24) is 0 Å². The van der Waals surface area contributed by atoms with Crippen LogP contribution in [-0.4, -0.2) is 41.5 Å². The highest BCUT2D eigenvalue weighted by Crippen LogP contribution is 2.29. The number of aliphatic hydroxyl groups is 1. The van der Waals surface area contributed by atoms with Crippen LogP contribution in [-0.2, 0) is 4.74 Å². The van der Waals surface area contributed by atoms with Gasteiger partial charge in [-0.05, 0) is 32.0 Å². The molecule has 2 rings (SSSR count). The number of nitrogens with two attached hydrogens (primary N) is 1. The Morgan fingerprint density at radius 2 is 2.30 bits per heavy atom. The van der Waals surface area contributed by atoms with Gasteiger partial charge in [0.2, 0.25) is 0 Å². The highest BCUT2D eigenvalue weighted by atomic mass is 32.1. The van der Waals surface area contributed by atoms with Crippen LogP contribution in [0.25, 0.3) is 0 Å². The van der Waals surface area contributed by atoms with Crippen LogP contribution >= 0.6 is 12.2 Å². The number of benzene rings is 1. The second kappa shape index (κ2) is 5.63. The molecule has 1 atom stereocenters. The van der Waals surface area contributed by atoms with Crippen LogP contribution in [0.5, 0.6) is 0 Å². The Kier molecular flexibility index (Phi) is 4.27. The Morgan fingerprint density at radius 1 is 1.60 bits per heavy atom. The van der Waals surface area contributed by atoms with Crippen molar-refractivity contribution in [3.63, 3.8) is 0 Å². The Hall–Kier alpha value is -1.24. The van der Waals surface area contributed by atoms with Gasteiger partial charge in [-0.1, -0.05) is 12.2 Å².